The van der Waals surface area contributed by atoms with E-state index in [1.165, 1.54) is 0 Å². The number of hydrogen-bond acceptors (Lipinski definition) is 2. The first-order chi connectivity index (χ1) is 8.59. The molecule has 0 amide bonds. The molecule has 0 saturated carbocycles. The van der Waals surface area contributed by atoms with Crippen LogP contribution < -0.4 is 5.56 Å². The molecule has 18 heavy (non-hydrogen) atoms. The van der Waals surface area contributed by atoms with E-state index in [9.17, 15) is 4.79 Å². The molecular weight excluding hydrogens is 292 g/mol. The molecular formula is C14H11BrN2O. The zero-order valence-corrected chi connectivity index (χ0v) is 11.7. The summed E-state index contributed by atoms with van der Waals surface area (Å²) >= 11 is 3.43. The molecule has 0 bridgehead atoms. The number of pyridine rings is 2. The average molecular weight is 303 g/mol. The van der Waals surface area contributed by atoms with Crippen molar-refractivity contribution in [2.24, 2.45) is 7.05 Å². The van der Waals surface area contributed by atoms with Crippen molar-refractivity contribution in [2.75, 3.05) is 0 Å². The number of fused-ring (bicyclic) bond motifs is 3. The van der Waals surface area contributed by atoms with Gasteiger partial charge in [-0.25, -0.2) is 0 Å². The second-order valence-electron chi connectivity index (χ2n) is 4.33. The predicted octanol–water partition coefficient (Wildman–Crippen LogP) is 3.16. The van der Waals surface area contributed by atoms with Gasteiger partial charge in [0.2, 0.25) is 0 Å². The van der Waals surface area contributed by atoms with Crippen molar-refractivity contribution in [2.45, 2.75) is 6.92 Å². The van der Waals surface area contributed by atoms with E-state index >= 15 is 0 Å². The highest BCUT2D eigenvalue weighted by Crippen LogP contribution is 2.24. The van der Waals surface area contributed by atoms with Crippen LogP contribution in [0.15, 0.2) is 39.6 Å². The van der Waals surface area contributed by atoms with E-state index in [-0.39, 0.29) is 5.56 Å². The third kappa shape index (κ3) is 1.49. The van der Waals surface area contributed by atoms with E-state index in [1.807, 2.05) is 37.3 Å². The summed E-state index contributed by atoms with van der Waals surface area (Å²) in [6.07, 6.45) is 0. The van der Waals surface area contributed by atoms with E-state index in [2.05, 4.69) is 20.9 Å². The molecule has 90 valence electrons. The number of nitrogens with zero attached hydrogens (tertiary/aromatic N) is 2. The molecule has 3 rings (SSSR count). The van der Waals surface area contributed by atoms with Gasteiger partial charge in [0.05, 0.1) is 22.1 Å². The lowest BCUT2D eigenvalue weighted by Crippen LogP contribution is -2.17. The second-order valence-corrected chi connectivity index (χ2v) is 5.19. The van der Waals surface area contributed by atoms with Gasteiger partial charge in [-0.05, 0) is 35.0 Å². The summed E-state index contributed by atoms with van der Waals surface area (Å²) in [6, 6.07) is 9.68. The van der Waals surface area contributed by atoms with E-state index in [0.29, 0.717) is 5.39 Å². The van der Waals surface area contributed by atoms with Gasteiger partial charge in [-0.3, -0.25) is 9.78 Å². The Kier molecular flexibility index (Phi) is 2.48. The molecule has 0 atom stereocenters. The van der Waals surface area contributed by atoms with Gasteiger partial charge in [-0.2, -0.15) is 0 Å². The normalized spacial score (nSPS) is 11.3. The van der Waals surface area contributed by atoms with Crippen LogP contribution in [0, 0.1) is 6.92 Å². The number of aromatic nitrogens is 2. The first-order valence-corrected chi connectivity index (χ1v) is 6.43. The summed E-state index contributed by atoms with van der Waals surface area (Å²) in [6.45, 7) is 1.93. The molecule has 0 aliphatic rings. The quantitative estimate of drug-likeness (QED) is 0.598. The Hall–Kier alpha value is -1.68. The van der Waals surface area contributed by atoms with Gasteiger partial charge in [0.25, 0.3) is 5.56 Å². The molecule has 0 saturated heterocycles. The SMILES string of the molecule is Cc1nc2c(cc1Br)c(=O)n(C)c1ccccc21. The molecule has 0 N–H and O–H groups in total. The Labute approximate surface area is 112 Å². The van der Waals surface area contributed by atoms with Crippen LogP contribution in [0.5, 0.6) is 0 Å². The summed E-state index contributed by atoms with van der Waals surface area (Å²) in [7, 11) is 1.79. The Balaban J connectivity index is 2.70. The number of hydrogen-bond donors (Lipinski definition) is 0. The molecule has 3 aromatic rings. The van der Waals surface area contributed by atoms with Crippen molar-refractivity contribution in [1.29, 1.82) is 0 Å². The molecule has 2 aromatic heterocycles. The molecule has 3 nitrogen and oxygen atoms in total. The van der Waals surface area contributed by atoms with Crippen molar-refractivity contribution in [3.8, 4) is 0 Å². The molecule has 0 fully saturated rings. The van der Waals surface area contributed by atoms with E-state index in [1.54, 1.807) is 11.6 Å². The molecule has 0 aliphatic carbocycles. The van der Waals surface area contributed by atoms with Gasteiger partial charge in [-0.15, -0.1) is 0 Å². The molecule has 0 unspecified atom stereocenters. The number of aryl methyl sites for hydroxylation is 2. The van der Waals surface area contributed by atoms with Crippen LogP contribution in [0.25, 0.3) is 21.8 Å². The Morgan fingerprint density at radius 1 is 1.22 bits per heavy atom. The molecule has 0 spiro atoms. The average Bonchev–Trinajstić information content (AvgIpc) is 2.38. The number of rotatable bonds is 0. The number of para-hydroxylation sites is 1. The monoisotopic (exact) mass is 302 g/mol. The Morgan fingerprint density at radius 2 is 1.94 bits per heavy atom. The van der Waals surface area contributed by atoms with Crippen molar-refractivity contribution < 1.29 is 0 Å². The summed E-state index contributed by atoms with van der Waals surface area (Å²) < 4.78 is 2.53. The van der Waals surface area contributed by atoms with Gasteiger partial charge >= 0.3 is 0 Å². The fourth-order valence-electron chi connectivity index (χ4n) is 2.21. The van der Waals surface area contributed by atoms with Crippen LogP contribution in [0.1, 0.15) is 5.69 Å². The fraction of sp³-hybridized carbons (Fsp3) is 0.143. The standard InChI is InChI=1S/C14H11BrN2O/c1-8-11(15)7-10-13(16-8)9-5-3-4-6-12(9)17(2)14(10)18/h3-7H,1-2H3. The molecule has 0 aliphatic heterocycles. The highest BCUT2D eigenvalue weighted by molar-refractivity contribution is 9.10. The predicted molar refractivity (Wildman–Crippen MR) is 76.9 cm³/mol. The zero-order chi connectivity index (χ0) is 12.9. The second kappa shape index (κ2) is 3.92. The first-order valence-electron chi connectivity index (χ1n) is 5.64. The number of halogens is 1. The summed E-state index contributed by atoms with van der Waals surface area (Å²) in [5.41, 5.74) is 2.55. The van der Waals surface area contributed by atoms with Gasteiger partial charge in [-0.1, -0.05) is 18.2 Å². The molecule has 1 aromatic carbocycles. The smallest absolute Gasteiger partial charge is 0.260 e. The van der Waals surface area contributed by atoms with Crippen molar-refractivity contribution >= 4 is 37.7 Å². The first kappa shape index (κ1) is 11.4. The Bertz CT molecular complexity index is 836. The van der Waals surface area contributed by atoms with Gasteiger partial charge in [0, 0.05) is 16.9 Å². The fourth-order valence-corrected chi connectivity index (χ4v) is 2.52. The third-order valence-electron chi connectivity index (χ3n) is 3.21. The van der Waals surface area contributed by atoms with Crippen molar-refractivity contribution in [1.82, 2.24) is 9.55 Å². The summed E-state index contributed by atoms with van der Waals surface area (Å²) in [4.78, 5) is 16.9. The van der Waals surface area contributed by atoms with Crippen LogP contribution in [0.4, 0.5) is 0 Å². The topological polar surface area (TPSA) is 34.9 Å². The van der Waals surface area contributed by atoms with Gasteiger partial charge < -0.3 is 4.57 Å². The molecule has 2 heterocycles. The maximum Gasteiger partial charge on any atom is 0.260 e. The van der Waals surface area contributed by atoms with Crippen LogP contribution in [0.3, 0.4) is 0 Å². The highest BCUT2D eigenvalue weighted by atomic mass is 79.9. The zero-order valence-electron chi connectivity index (χ0n) is 10.1. The minimum absolute atomic E-state index is 0.0168. The molecule has 4 heteroatoms. The van der Waals surface area contributed by atoms with Crippen molar-refractivity contribution in [3.05, 3.63) is 50.9 Å². The van der Waals surface area contributed by atoms with E-state index < -0.39 is 0 Å². The van der Waals surface area contributed by atoms with Crippen LogP contribution in [-0.4, -0.2) is 9.55 Å². The lowest BCUT2D eigenvalue weighted by molar-refractivity contribution is 0.916. The minimum Gasteiger partial charge on any atom is -0.311 e. The van der Waals surface area contributed by atoms with E-state index in [4.69, 9.17) is 0 Å². The minimum atomic E-state index is -0.0168. The van der Waals surface area contributed by atoms with Crippen LogP contribution in [0.2, 0.25) is 0 Å². The highest BCUT2D eigenvalue weighted by Gasteiger charge is 2.10. The van der Waals surface area contributed by atoms with E-state index in [0.717, 1.165) is 26.6 Å². The lowest BCUT2D eigenvalue weighted by Gasteiger charge is -2.09. The maximum absolute atomic E-state index is 12.3. The van der Waals surface area contributed by atoms with Gasteiger partial charge in [0.1, 0.15) is 0 Å². The lowest BCUT2D eigenvalue weighted by atomic mass is 10.1. The van der Waals surface area contributed by atoms with Crippen LogP contribution in [-0.2, 0) is 7.05 Å². The summed E-state index contributed by atoms with van der Waals surface area (Å²) in [5, 5.41) is 1.65. The van der Waals surface area contributed by atoms with Gasteiger partial charge in [0.15, 0.2) is 0 Å². The summed E-state index contributed by atoms with van der Waals surface area (Å²) in [5.74, 6) is 0. The number of benzene rings is 1. The maximum atomic E-state index is 12.3. The third-order valence-corrected chi connectivity index (χ3v) is 4.01. The van der Waals surface area contributed by atoms with Crippen molar-refractivity contribution in [3.63, 3.8) is 0 Å². The molecule has 0 radical (unpaired) electrons. The van der Waals surface area contributed by atoms with Crippen LogP contribution >= 0.6 is 15.9 Å². The largest absolute Gasteiger partial charge is 0.311 e. The Morgan fingerprint density at radius 3 is 2.72 bits per heavy atom.